The van der Waals surface area contributed by atoms with Gasteiger partial charge >= 0.3 is 0 Å². The van der Waals surface area contributed by atoms with E-state index in [-0.39, 0.29) is 0 Å². The van der Waals surface area contributed by atoms with Crippen LogP contribution >= 0.6 is 0 Å². The lowest BCUT2D eigenvalue weighted by Gasteiger charge is -2.33. The van der Waals surface area contributed by atoms with Gasteiger partial charge in [-0.05, 0) is 46.3 Å². The number of hydrogen-bond donors (Lipinski definition) is 1. The minimum atomic E-state index is 0.303. The van der Waals surface area contributed by atoms with E-state index in [9.17, 15) is 0 Å². The summed E-state index contributed by atoms with van der Waals surface area (Å²) in [6.45, 7) is 11.4. The number of hydrogen-bond acceptors (Lipinski definition) is 3. The van der Waals surface area contributed by atoms with Crippen molar-refractivity contribution in [3.8, 4) is 0 Å². The molecular weight excluding hydrogens is 260 g/mol. The number of ether oxygens (including phenoxy) is 1. The molecule has 2 unspecified atom stereocenters. The Morgan fingerprint density at radius 3 is 2.38 bits per heavy atom. The number of benzene rings is 1. The minimum Gasteiger partial charge on any atom is -0.377 e. The Morgan fingerprint density at radius 1 is 1.14 bits per heavy atom. The third-order valence-corrected chi connectivity index (χ3v) is 3.85. The molecule has 0 radical (unpaired) electrons. The van der Waals surface area contributed by atoms with E-state index in [1.54, 1.807) is 0 Å². The molecule has 0 aliphatic heterocycles. The first-order chi connectivity index (χ1) is 10.1. The third-order valence-electron chi connectivity index (χ3n) is 3.85. The Morgan fingerprint density at radius 2 is 1.81 bits per heavy atom. The van der Waals surface area contributed by atoms with Crippen molar-refractivity contribution in [1.82, 2.24) is 10.2 Å². The van der Waals surface area contributed by atoms with Crippen LogP contribution in [-0.4, -0.2) is 43.8 Å². The predicted molar refractivity (Wildman–Crippen MR) is 90.7 cm³/mol. The van der Waals surface area contributed by atoms with Crippen LogP contribution < -0.4 is 5.32 Å². The average Bonchev–Trinajstić information content (AvgIpc) is 2.48. The summed E-state index contributed by atoms with van der Waals surface area (Å²) in [5, 5.41) is 3.68. The summed E-state index contributed by atoms with van der Waals surface area (Å²) in [7, 11) is 2.18. The molecule has 0 spiro atoms. The van der Waals surface area contributed by atoms with Crippen LogP contribution in [0.5, 0.6) is 0 Å². The number of nitrogens with zero attached hydrogens (tertiary/aromatic N) is 1. The lowest BCUT2D eigenvalue weighted by atomic mass is 9.99. The molecule has 0 fully saturated rings. The van der Waals surface area contributed by atoms with E-state index in [1.807, 2.05) is 0 Å². The fourth-order valence-electron chi connectivity index (χ4n) is 2.42. The van der Waals surface area contributed by atoms with Crippen LogP contribution in [0.3, 0.4) is 0 Å². The zero-order valence-corrected chi connectivity index (χ0v) is 14.3. The van der Waals surface area contributed by atoms with Gasteiger partial charge < -0.3 is 10.1 Å². The Hall–Kier alpha value is -0.900. The van der Waals surface area contributed by atoms with E-state index in [0.29, 0.717) is 18.2 Å². The van der Waals surface area contributed by atoms with Gasteiger partial charge in [0.25, 0.3) is 0 Å². The first kappa shape index (κ1) is 18.1. The van der Waals surface area contributed by atoms with Crippen molar-refractivity contribution in [2.45, 2.75) is 52.3 Å². The molecule has 120 valence electrons. The molecule has 21 heavy (non-hydrogen) atoms. The Kier molecular flexibility index (Phi) is 8.58. The summed E-state index contributed by atoms with van der Waals surface area (Å²) >= 11 is 0. The Labute approximate surface area is 130 Å². The van der Waals surface area contributed by atoms with Crippen molar-refractivity contribution >= 4 is 0 Å². The van der Waals surface area contributed by atoms with Gasteiger partial charge in [-0.2, -0.15) is 0 Å². The summed E-state index contributed by atoms with van der Waals surface area (Å²) in [4.78, 5) is 2.38. The van der Waals surface area contributed by atoms with Gasteiger partial charge in [0.2, 0.25) is 0 Å². The SMILES string of the molecule is CCCNC(c1ccccc1)C(C)N(C)CCOC(C)C. The van der Waals surface area contributed by atoms with Crippen LogP contribution in [0.1, 0.15) is 45.7 Å². The summed E-state index contributed by atoms with van der Waals surface area (Å²) in [6.07, 6.45) is 1.45. The molecule has 0 saturated heterocycles. The molecule has 1 rings (SSSR count). The predicted octanol–water partition coefficient (Wildman–Crippen LogP) is 3.47. The topological polar surface area (TPSA) is 24.5 Å². The van der Waals surface area contributed by atoms with E-state index in [4.69, 9.17) is 4.74 Å². The van der Waals surface area contributed by atoms with E-state index >= 15 is 0 Å². The standard InChI is InChI=1S/C18H32N2O/c1-6-12-19-18(17-10-8-7-9-11-17)16(4)20(5)13-14-21-15(2)3/h7-11,15-16,18-19H,6,12-14H2,1-5H3. The highest BCUT2D eigenvalue weighted by atomic mass is 16.5. The summed E-state index contributed by atoms with van der Waals surface area (Å²) < 4.78 is 5.67. The lowest BCUT2D eigenvalue weighted by Crippen LogP contribution is -2.42. The second-order valence-corrected chi connectivity index (χ2v) is 5.98. The van der Waals surface area contributed by atoms with Gasteiger partial charge in [-0.25, -0.2) is 0 Å². The van der Waals surface area contributed by atoms with Gasteiger partial charge in [0, 0.05) is 18.6 Å². The van der Waals surface area contributed by atoms with Crippen LogP contribution in [0.15, 0.2) is 30.3 Å². The minimum absolute atomic E-state index is 0.303. The molecular formula is C18H32N2O. The summed E-state index contributed by atoms with van der Waals surface area (Å²) in [5.41, 5.74) is 1.36. The van der Waals surface area contributed by atoms with Gasteiger partial charge in [0.15, 0.2) is 0 Å². The summed E-state index contributed by atoms with van der Waals surface area (Å²) in [5.74, 6) is 0. The average molecular weight is 292 g/mol. The highest BCUT2D eigenvalue weighted by Crippen LogP contribution is 2.20. The number of rotatable bonds is 10. The highest BCUT2D eigenvalue weighted by Gasteiger charge is 2.21. The van der Waals surface area contributed by atoms with Crippen molar-refractivity contribution in [3.63, 3.8) is 0 Å². The molecule has 1 N–H and O–H groups in total. The molecule has 0 amide bonds. The number of nitrogens with one attached hydrogen (secondary N) is 1. The van der Waals surface area contributed by atoms with Crippen LogP contribution in [0, 0.1) is 0 Å². The number of likely N-dealkylation sites (N-methyl/N-ethyl adjacent to an activating group) is 1. The molecule has 1 aromatic rings. The highest BCUT2D eigenvalue weighted by molar-refractivity contribution is 5.20. The van der Waals surface area contributed by atoms with Crippen LogP contribution in [0.25, 0.3) is 0 Å². The molecule has 0 aliphatic carbocycles. The smallest absolute Gasteiger partial charge is 0.0596 e. The van der Waals surface area contributed by atoms with Crippen molar-refractivity contribution < 1.29 is 4.74 Å². The zero-order chi connectivity index (χ0) is 15.7. The maximum atomic E-state index is 5.67. The van der Waals surface area contributed by atoms with Crippen molar-refractivity contribution in [2.24, 2.45) is 0 Å². The fourth-order valence-corrected chi connectivity index (χ4v) is 2.42. The second-order valence-electron chi connectivity index (χ2n) is 5.98. The molecule has 3 heteroatoms. The zero-order valence-electron chi connectivity index (χ0n) is 14.3. The largest absolute Gasteiger partial charge is 0.377 e. The quantitative estimate of drug-likeness (QED) is 0.714. The monoisotopic (exact) mass is 292 g/mol. The van der Waals surface area contributed by atoms with Crippen molar-refractivity contribution in [2.75, 3.05) is 26.7 Å². The molecule has 1 aromatic carbocycles. The first-order valence-corrected chi connectivity index (χ1v) is 8.16. The fraction of sp³-hybridized carbons (Fsp3) is 0.667. The van der Waals surface area contributed by atoms with Gasteiger partial charge in [0.05, 0.1) is 12.7 Å². The molecule has 0 aliphatic rings. The summed E-state index contributed by atoms with van der Waals surface area (Å²) in [6, 6.07) is 11.5. The third kappa shape index (κ3) is 6.60. The van der Waals surface area contributed by atoms with Gasteiger partial charge in [0.1, 0.15) is 0 Å². The van der Waals surface area contributed by atoms with Crippen LogP contribution in [-0.2, 0) is 4.74 Å². The molecule has 0 saturated carbocycles. The van der Waals surface area contributed by atoms with Crippen molar-refractivity contribution in [1.29, 1.82) is 0 Å². The maximum absolute atomic E-state index is 5.67. The van der Waals surface area contributed by atoms with Gasteiger partial charge in [-0.15, -0.1) is 0 Å². The Bertz CT molecular complexity index is 367. The van der Waals surface area contributed by atoms with E-state index in [1.165, 1.54) is 5.56 Å². The molecule has 3 nitrogen and oxygen atoms in total. The van der Waals surface area contributed by atoms with E-state index in [2.05, 4.69) is 75.3 Å². The van der Waals surface area contributed by atoms with E-state index < -0.39 is 0 Å². The molecule has 0 bridgehead atoms. The molecule has 0 heterocycles. The molecule has 0 aromatic heterocycles. The second kappa shape index (κ2) is 9.93. The first-order valence-electron chi connectivity index (χ1n) is 8.16. The van der Waals surface area contributed by atoms with Gasteiger partial charge in [-0.1, -0.05) is 37.3 Å². The van der Waals surface area contributed by atoms with Crippen LogP contribution in [0.4, 0.5) is 0 Å². The van der Waals surface area contributed by atoms with Gasteiger partial charge in [-0.3, -0.25) is 4.90 Å². The van der Waals surface area contributed by atoms with Crippen molar-refractivity contribution in [3.05, 3.63) is 35.9 Å². The Balaban J connectivity index is 2.64. The normalized spacial score (nSPS) is 14.6. The maximum Gasteiger partial charge on any atom is 0.0596 e. The molecule has 2 atom stereocenters. The lowest BCUT2D eigenvalue weighted by molar-refractivity contribution is 0.0533. The van der Waals surface area contributed by atoms with Crippen LogP contribution in [0.2, 0.25) is 0 Å². The van der Waals surface area contributed by atoms with E-state index in [0.717, 1.165) is 26.1 Å².